The molecule has 2 aliphatic rings. The molecule has 1 spiro atoms. The summed E-state index contributed by atoms with van der Waals surface area (Å²) < 4.78 is 0. The monoisotopic (exact) mass is 206 g/mol. The van der Waals surface area contributed by atoms with Crippen molar-refractivity contribution in [3.05, 3.63) is 84.6 Å². The molecule has 0 aromatic carbocycles. The number of rotatable bonds is 2. The minimum Gasteiger partial charge on any atom is -0.243 e. The molecule has 0 amide bonds. The highest BCUT2D eigenvalue weighted by molar-refractivity contribution is 5.51. The predicted octanol–water partition coefficient (Wildman–Crippen LogP) is 3.24. The number of aromatic nitrogens is 1. The van der Waals surface area contributed by atoms with Gasteiger partial charge in [-0.15, -0.1) is 0 Å². The summed E-state index contributed by atoms with van der Waals surface area (Å²) in [7, 11) is 0. The lowest BCUT2D eigenvalue weighted by Crippen LogP contribution is -1.96. The van der Waals surface area contributed by atoms with Gasteiger partial charge >= 0.3 is 0 Å². The van der Waals surface area contributed by atoms with E-state index in [9.17, 15) is 0 Å². The van der Waals surface area contributed by atoms with E-state index in [1.54, 1.807) is 12.4 Å². The van der Waals surface area contributed by atoms with Crippen LogP contribution in [-0.2, 0) is 0 Å². The van der Waals surface area contributed by atoms with Crippen LogP contribution in [0, 0.1) is 11.8 Å². The topological polar surface area (TPSA) is 12.9 Å². The van der Waals surface area contributed by atoms with E-state index < -0.39 is 0 Å². The zero-order valence-electron chi connectivity index (χ0n) is 8.88. The minimum absolute atomic E-state index is 0.188. The molecule has 0 bridgehead atoms. The van der Waals surface area contributed by atoms with Crippen molar-refractivity contribution in [2.75, 3.05) is 0 Å². The highest BCUT2D eigenvalue weighted by Crippen LogP contribution is 2.40. The van der Waals surface area contributed by atoms with Crippen LogP contribution in [0.2, 0.25) is 0 Å². The fourth-order valence-electron chi connectivity index (χ4n) is 1.69. The maximum Gasteiger partial charge on any atom is 0.0983 e. The molecule has 0 aliphatic heterocycles. The first kappa shape index (κ1) is 9.22. The Morgan fingerprint density at radius 2 is 1.69 bits per heavy atom. The molecule has 3 rings (SSSR count). The fraction of sp³-hybridized carbons (Fsp3) is 0.0667. The van der Waals surface area contributed by atoms with Crippen molar-refractivity contribution in [1.82, 2.24) is 4.98 Å². The molecule has 0 atom stereocenters. The Kier molecular flexibility index (Phi) is 2.03. The van der Waals surface area contributed by atoms with Crippen LogP contribution in [0.15, 0.2) is 72.6 Å². The van der Waals surface area contributed by atoms with E-state index in [-0.39, 0.29) is 5.41 Å². The van der Waals surface area contributed by atoms with Gasteiger partial charge in [0.25, 0.3) is 0 Å². The van der Waals surface area contributed by atoms with Gasteiger partial charge in [-0.3, -0.25) is 0 Å². The van der Waals surface area contributed by atoms with Crippen LogP contribution in [0.1, 0.15) is 5.56 Å². The lowest BCUT2D eigenvalue weighted by Gasteiger charge is -2.07. The lowest BCUT2D eigenvalue weighted by atomic mass is 9.95. The van der Waals surface area contributed by atoms with Gasteiger partial charge in [0, 0.05) is 35.6 Å². The minimum atomic E-state index is 0.188. The smallest absolute Gasteiger partial charge is 0.0983 e. The summed E-state index contributed by atoms with van der Waals surface area (Å²) in [6.45, 7) is 0. The molecule has 0 saturated carbocycles. The second-order valence-corrected chi connectivity index (χ2v) is 4.11. The van der Waals surface area contributed by atoms with Crippen molar-refractivity contribution < 1.29 is 0 Å². The summed E-state index contributed by atoms with van der Waals surface area (Å²) in [5, 5.41) is 0. The molecule has 76 valence electrons. The van der Waals surface area contributed by atoms with Gasteiger partial charge in [0.2, 0.25) is 0 Å². The third kappa shape index (κ3) is 1.84. The largest absolute Gasteiger partial charge is 0.243 e. The van der Waals surface area contributed by atoms with Crippen molar-refractivity contribution in [3.63, 3.8) is 0 Å². The first-order valence-electron chi connectivity index (χ1n) is 5.40. The summed E-state index contributed by atoms with van der Waals surface area (Å²) in [4.78, 5) is 3.99. The first-order valence-corrected chi connectivity index (χ1v) is 5.40. The fourth-order valence-corrected chi connectivity index (χ4v) is 1.69. The molecular weight excluding hydrogens is 194 g/mol. The molecule has 1 heteroatoms. The number of hydrogen-bond donors (Lipinski definition) is 0. The molecule has 1 heterocycles. The van der Waals surface area contributed by atoms with Crippen LogP contribution < -0.4 is 0 Å². The van der Waals surface area contributed by atoms with Gasteiger partial charge in [-0.25, -0.2) is 4.98 Å². The van der Waals surface area contributed by atoms with Gasteiger partial charge in [-0.2, -0.15) is 0 Å². The standard InChI is InChI=1S/C15H12N/c1(2-14-5-11-16-12-6-14)13-3-7-15(8-4-13)9-10-15/h1-12H/q+1. The van der Waals surface area contributed by atoms with Gasteiger partial charge < -0.3 is 0 Å². The molecule has 0 radical (unpaired) electrons. The third-order valence-corrected chi connectivity index (χ3v) is 2.85. The molecule has 1 aromatic rings. The summed E-state index contributed by atoms with van der Waals surface area (Å²) in [6.07, 6.45) is 21.0. The van der Waals surface area contributed by atoms with Gasteiger partial charge in [0.1, 0.15) is 0 Å². The van der Waals surface area contributed by atoms with Crippen LogP contribution in [0.4, 0.5) is 0 Å². The van der Waals surface area contributed by atoms with Crippen molar-refractivity contribution in [2.24, 2.45) is 5.41 Å². The average Bonchev–Trinajstić information content (AvgIpc) is 3.10. The molecule has 0 saturated heterocycles. The molecule has 0 unspecified atom stereocenters. The third-order valence-electron chi connectivity index (χ3n) is 2.85. The van der Waals surface area contributed by atoms with E-state index in [2.05, 4.69) is 53.9 Å². The van der Waals surface area contributed by atoms with E-state index in [1.807, 2.05) is 12.1 Å². The average molecular weight is 206 g/mol. The van der Waals surface area contributed by atoms with Crippen molar-refractivity contribution >= 4 is 0 Å². The number of pyridine rings is 1. The van der Waals surface area contributed by atoms with Gasteiger partial charge in [0.05, 0.1) is 18.0 Å². The predicted molar refractivity (Wildman–Crippen MR) is 65.6 cm³/mol. The van der Waals surface area contributed by atoms with E-state index >= 15 is 0 Å². The zero-order valence-corrected chi connectivity index (χ0v) is 8.88. The van der Waals surface area contributed by atoms with Crippen LogP contribution >= 0.6 is 0 Å². The SMILES string of the molecule is C1=CC2(C=CC1=C[CH+]c1ccncc1)C=C2. The highest BCUT2D eigenvalue weighted by Gasteiger charge is 2.29. The Bertz CT molecular complexity index is 479. The van der Waals surface area contributed by atoms with Crippen LogP contribution in [0.5, 0.6) is 0 Å². The molecule has 16 heavy (non-hydrogen) atoms. The highest BCUT2D eigenvalue weighted by atomic mass is 14.6. The second-order valence-electron chi connectivity index (χ2n) is 4.11. The zero-order chi connectivity index (χ0) is 10.8. The summed E-state index contributed by atoms with van der Waals surface area (Å²) >= 11 is 0. The maximum atomic E-state index is 3.99. The van der Waals surface area contributed by atoms with Gasteiger partial charge in [0.15, 0.2) is 0 Å². The lowest BCUT2D eigenvalue weighted by molar-refractivity contribution is 0.945. The molecule has 1 aromatic heterocycles. The molecule has 0 N–H and O–H groups in total. The molecular formula is C15H12N+. The van der Waals surface area contributed by atoms with Crippen molar-refractivity contribution in [2.45, 2.75) is 0 Å². The first-order chi connectivity index (χ1) is 7.86. The van der Waals surface area contributed by atoms with E-state index in [0.29, 0.717) is 0 Å². The molecule has 1 nitrogen and oxygen atoms in total. The maximum absolute atomic E-state index is 3.99. The summed E-state index contributed by atoms with van der Waals surface area (Å²) in [5.41, 5.74) is 2.60. The molecule has 0 fully saturated rings. The Balaban J connectivity index is 1.68. The Labute approximate surface area is 95.5 Å². The number of nitrogens with zero attached hydrogens (tertiary/aromatic N) is 1. The quantitative estimate of drug-likeness (QED) is 0.534. The Morgan fingerprint density at radius 1 is 1.00 bits per heavy atom. The van der Waals surface area contributed by atoms with Gasteiger partial charge in [-0.05, 0) is 12.2 Å². The van der Waals surface area contributed by atoms with E-state index in [1.165, 1.54) is 11.1 Å². The Morgan fingerprint density at radius 3 is 2.31 bits per heavy atom. The van der Waals surface area contributed by atoms with E-state index in [0.717, 1.165) is 0 Å². The number of allylic oxidation sites excluding steroid dienone is 8. The number of hydrogen-bond acceptors (Lipinski definition) is 1. The normalized spacial score (nSPS) is 18.9. The van der Waals surface area contributed by atoms with Gasteiger partial charge in [-0.1, -0.05) is 24.3 Å². The van der Waals surface area contributed by atoms with Crippen molar-refractivity contribution in [3.8, 4) is 0 Å². The summed E-state index contributed by atoms with van der Waals surface area (Å²) in [5.74, 6) is 0. The van der Waals surface area contributed by atoms with Crippen molar-refractivity contribution in [1.29, 1.82) is 0 Å². The van der Waals surface area contributed by atoms with Crippen LogP contribution in [0.25, 0.3) is 0 Å². The van der Waals surface area contributed by atoms with Crippen LogP contribution in [0.3, 0.4) is 0 Å². The second kappa shape index (κ2) is 3.53. The molecule has 2 aliphatic carbocycles. The van der Waals surface area contributed by atoms with Crippen LogP contribution in [-0.4, -0.2) is 4.98 Å². The Hall–Kier alpha value is -2.02. The summed E-state index contributed by atoms with van der Waals surface area (Å²) in [6, 6.07) is 3.99. The van der Waals surface area contributed by atoms with E-state index in [4.69, 9.17) is 0 Å².